The summed E-state index contributed by atoms with van der Waals surface area (Å²) in [6.45, 7) is 8.89. The Hall–Kier alpha value is -1.59. The molecular weight excluding hydrogens is 292 g/mol. The van der Waals surface area contributed by atoms with E-state index in [2.05, 4.69) is 10.2 Å². The van der Waals surface area contributed by atoms with Gasteiger partial charge in [0.1, 0.15) is 12.4 Å². The van der Waals surface area contributed by atoms with Crippen LogP contribution in [0, 0.1) is 19.8 Å². The van der Waals surface area contributed by atoms with E-state index in [0.717, 1.165) is 36.4 Å². The molecule has 5 nitrogen and oxygen atoms in total. The fourth-order valence-electron chi connectivity index (χ4n) is 3.03. The van der Waals surface area contributed by atoms with Gasteiger partial charge in [-0.15, -0.1) is 0 Å². The summed E-state index contributed by atoms with van der Waals surface area (Å²) < 4.78 is 5.78. The SMILES string of the molecule is Cc1cccc(C)c1OCCNC(=O)CN1CCC(C(C)O)C1. The Kier molecular flexibility index (Phi) is 6.42. The molecule has 2 atom stereocenters. The number of para-hydroxylation sites is 1. The number of aliphatic hydroxyl groups excluding tert-OH is 1. The minimum Gasteiger partial charge on any atom is -0.491 e. The average Bonchev–Trinajstić information content (AvgIpc) is 2.94. The molecule has 5 heteroatoms. The molecule has 1 aromatic rings. The zero-order chi connectivity index (χ0) is 16.8. The average molecular weight is 320 g/mol. The summed E-state index contributed by atoms with van der Waals surface area (Å²) in [5.41, 5.74) is 2.22. The highest BCUT2D eigenvalue weighted by Gasteiger charge is 2.26. The van der Waals surface area contributed by atoms with E-state index in [1.807, 2.05) is 39.0 Å². The monoisotopic (exact) mass is 320 g/mol. The first kappa shape index (κ1) is 17.8. The Labute approximate surface area is 138 Å². The number of hydrogen-bond donors (Lipinski definition) is 2. The van der Waals surface area contributed by atoms with E-state index in [9.17, 15) is 9.90 Å². The van der Waals surface area contributed by atoms with Crippen LogP contribution in [0.15, 0.2) is 18.2 Å². The number of carbonyl (C=O) groups is 1. The van der Waals surface area contributed by atoms with Gasteiger partial charge >= 0.3 is 0 Å². The predicted octanol–water partition coefficient (Wildman–Crippen LogP) is 1.50. The molecule has 1 heterocycles. The van der Waals surface area contributed by atoms with Gasteiger partial charge in [-0.25, -0.2) is 0 Å². The van der Waals surface area contributed by atoms with E-state index in [0.29, 0.717) is 19.7 Å². The van der Waals surface area contributed by atoms with Gasteiger partial charge in [-0.2, -0.15) is 0 Å². The van der Waals surface area contributed by atoms with Gasteiger partial charge in [0.05, 0.1) is 19.2 Å². The van der Waals surface area contributed by atoms with Gasteiger partial charge in [0.15, 0.2) is 0 Å². The second-order valence-corrected chi connectivity index (χ2v) is 6.44. The normalized spacial score (nSPS) is 19.6. The Bertz CT molecular complexity index is 511. The Morgan fingerprint density at radius 1 is 1.43 bits per heavy atom. The topological polar surface area (TPSA) is 61.8 Å². The van der Waals surface area contributed by atoms with Crippen molar-refractivity contribution in [2.75, 3.05) is 32.8 Å². The molecule has 0 aromatic heterocycles. The first-order valence-electron chi connectivity index (χ1n) is 8.33. The number of likely N-dealkylation sites (tertiary alicyclic amines) is 1. The van der Waals surface area contributed by atoms with Gasteiger partial charge in [-0.1, -0.05) is 18.2 Å². The number of aliphatic hydroxyl groups is 1. The number of aryl methyl sites for hydroxylation is 2. The van der Waals surface area contributed by atoms with Gasteiger partial charge in [0.2, 0.25) is 5.91 Å². The second kappa shape index (κ2) is 8.31. The van der Waals surface area contributed by atoms with Crippen molar-refractivity contribution in [2.45, 2.75) is 33.3 Å². The van der Waals surface area contributed by atoms with Crippen molar-refractivity contribution < 1.29 is 14.6 Å². The van der Waals surface area contributed by atoms with Crippen molar-refractivity contribution in [1.29, 1.82) is 0 Å². The van der Waals surface area contributed by atoms with Crippen LogP contribution in [0.2, 0.25) is 0 Å². The highest BCUT2D eigenvalue weighted by atomic mass is 16.5. The Morgan fingerprint density at radius 2 is 2.13 bits per heavy atom. The molecule has 1 fully saturated rings. The fraction of sp³-hybridized carbons (Fsp3) is 0.611. The van der Waals surface area contributed by atoms with Crippen LogP contribution in [0.3, 0.4) is 0 Å². The lowest BCUT2D eigenvalue weighted by Crippen LogP contribution is -2.38. The Balaban J connectivity index is 1.66. The lowest BCUT2D eigenvalue weighted by atomic mass is 10.0. The van der Waals surface area contributed by atoms with Crippen LogP contribution < -0.4 is 10.1 Å². The molecule has 2 unspecified atom stereocenters. The number of carbonyl (C=O) groups excluding carboxylic acids is 1. The summed E-state index contributed by atoms with van der Waals surface area (Å²) in [6, 6.07) is 6.05. The van der Waals surface area contributed by atoms with Crippen molar-refractivity contribution in [3.8, 4) is 5.75 Å². The van der Waals surface area contributed by atoms with Crippen LogP contribution in [-0.4, -0.2) is 54.8 Å². The summed E-state index contributed by atoms with van der Waals surface area (Å²) in [7, 11) is 0. The maximum absolute atomic E-state index is 11.9. The molecule has 1 saturated heterocycles. The maximum Gasteiger partial charge on any atom is 0.234 e. The fourth-order valence-corrected chi connectivity index (χ4v) is 3.03. The lowest BCUT2D eigenvalue weighted by Gasteiger charge is -2.17. The van der Waals surface area contributed by atoms with Crippen LogP contribution in [-0.2, 0) is 4.79 Å². The first-order chi connectivity index (χ1) is 11.0. The molecule has 128 valence electrons. The standard InChI is InChI=1S/C18H28N2O3/c1-13-5-4-6-14(2)18(13)23-10-8-19-17(22)12-20-9-7-16(11-20)15(3)21/h4-6,15-16,21H,7-12H2,1-3H3,(H,19,22). The molecule has 2 N–H and O–H groups in total. The van der Waals surface area contributed by atoms with Crippen molar-refractivity contribution in [2.24, 2.45) is 5.92 Å². The molecule has 1 amide bonds. The molecule has 1 aliphatic rings. The molecule has 2 rings (SSSR count). The van der Waals surface area contributed by atoms with Gasteiger partial charge in [0.25, 0.3) is 0 Å². The van der Waals surface area contributed by atoms with Crippen LogP contribution in [0.1, 0.15) is 24.5 Å². The summed E-state index contributed by atoms with van der Waals surface area (Å²) >= 11 is 0. The van der Waals surface area contributed by atoms with Crippen LogP contribution in [0.5, 0.6) is 5.75 Å². The minimum atomic E-state index is -0.297. The van der Waals surface area contributed by atoms with Crippen LogP contribution in [0.4, 0.5) is 0 Å². The van der Waals surface area contributed by atoms with E-state index in [1.54, 1.807) is 0 Å². The zero-order valence-electron chi connectivity index (χ0n) is 14.3. The van der Waals surface area contributed by atoms with E-state index >= 15 is 0 Å². The van der Waals surface area contributed by atoms with Gasteiger partial charge < -0.3 is 15.2 Å². The van der Waals surface area contributed by atoms with E-state index in [1.165, 1.54) is 0 Å². The minimum absolute atomic E-state index is 0.0151. The molecule has 0 saturated carbocycles. The highest BCUT2D eigenvalue weighted by Crippen LogP contribution is 2.22. The molecule has 0 radical (unpaired) electrons. The van der Waals surface area contributed by atoms with Crippen molar-refractivity contribution in [1.82, 2.24) is 10.2 Å². The van der Waals surface area contributed by atoms with Crippen molar-refractivity contribution >= 4 is 5.91 Å². The van der Waals surface area contributed by atoms with Crippen LogP contribution >= 0.6 is 0 Å². The highest BCUT2D eigenvalue weighted by molar-refractivity contribution is 5.78. The molecule has 1 aromatic carbocycles. The third kappa shape index (κ3) is 5.22. The molecular formula is C18H28N2O3. The molecule has 0 spiro atoms. The van der Waals surface area contributed by atoms with Gasteiger partial charge in [-0.05, 0) is 50.8 Å². The molecule has 23 heavy (non-hydrogen) atoms. The third-order valence-corrected chi connectivity index (χ3v) is 4.44. The number of nitrogens with one attached hydrogen (secondary N) is 1. The van der Waals surface area contributed by atoms with Crippen molar-refractivity contribution in [3.05, 3.63) is 29.3 Å². The molecule has 0 bridgehead atoms. The van der Waals surface area contributed by atoms with E-state index in [-0.39, 0.29) is 17.9 Å². The van der Waals surface area contributed by atoms with E-state index < -0.39 is 0 Å². The predicted molar refractivity (Wildman–Crippen MR) is 90.6 cm³/mol. The number of ether oxygens (including phenoxy) is 1. The summed E-state index contributed by atoms with van der Waals surface area (Å²) in [6.07, 6.45) is 0.662. The van der Waals surface area contributed by atoms with Crippen LogP contribution in [0.25, 0.3) is 0 Å². The summed E-state index contributed by atoms with van der Waals surface area (Å²) in [4.78, 5) is 14.0. The molecule has 0 aliphatic carbocycles. The Morgan fingerprint density at radius 3 is 2.74 bits per heavy atom. The zero-order valence-corrected chi connectivity index (χ0v) is 14.3. The number of hydrogen-bond acceptors (Lipinski definition) is 4. The van der Waals surface area contributed by atoms with Gasteiger partial charge in [0, 0.05) is 6.54 Å². The number of benzene rings is 1. The number of nitrogens with zero attached hydrogens (tertiary/aromatic N) is 1. The van der Waals surface area contributed by atoms with Gasteiger partial charge in [-0.3, -0.25) is 9.69 Å². The number of rotatable bonds is 7. The van der Waals surface area contributed by atoms with E-state index in [4.69, 9.17) is 4.74 Å². The van der Waals surface area contributed by atoms with Crippen molar-refractivity contribution in [3.63, 3.8) is 0 Å². The summed E-state index contributed by atoms with van der Waals surface area (Å²) in [5.74, 6) is 1.21. The largest absolute Gasteiger partial charge is 0.491 e. The maximum atomic E-state index is 11.9. The third-order valence-electron chi connectivity index (χ3n) is 4.44. The lowest BCUT2D eigenvalue weighted by molar-refractivity contribution is -0.122. The second-order valence-electron chi connectivity index (χ2n) is 6.44. The quantitative estimate of drug-likeness (QED) is 0.748. The number of amides is 1. The molecule has 1 aliphatic heterocycles. The summed E-state index contributed by atoms with van der Waals surface area (Å²) in [5, 5.41) is 12.5. The first-order valence-corrected chi connectivity index (χ1v) is 8.33. The smallest absolute Gasteiger partial charge is 0.234 e.